The Morgan fingerprint density at radius 3 is 2.44 bits per heavy atom. The summed E-state index contributed by atoms with van der Waals surface area (Å²) in [7, 11) is 1.69. The molecule has 1 rings (SSSR count). The second-order valence-corrected chi connectivity index (χ2v) is 5.51. The Hall–Kier alpha value is -0.610. The first-order chi connectivity index (χ1) is 8.55. The normalized spacial score (nSPS) is 20.9. The first-order valence-corrected chi connectivity index (χ1v) is 7.02. The molecule has 0 bridgehead atoms. The molecule has 0 saturated heterocycles. The quantitative estimate of drug-likeness (QED) is 0.760. The van der Waals surface area contributed by atoms with Crippen molar-refractivity contribution in [2.24, 2.45) is 5.41 Å². The predicted octanol–water partition coefficient (Wildman–Crippen LogP) is 2.38. The van der Waals surface area contributed by atoms with Gasteiger partial charge in [0, 0.05) is 19.7 Å². The van der Waals surface area contributed by atoms with Crippen molar-refractivity contribution in [3.8, 4) is 0 Å². The first kappa shape index (κ1) is 15.4. The van der Waals surface area contributed by atoms with Crippen molar-refractivity contribution in [1.29, 1.82) is 0 Å². The van der Waals surface area contributed by atoms with Crippen molar-refractivity contribution in [1.82, 2.24) is 4.90 Å². The Labute approximate surface area is 110 Å². The van der Waals surface area contributed by atoms with E-state index in [4.69, 9.17) is 4.74 Å². The fraction of sp³-hybridized carbons (Fsp3) is 0.929. The number of likely N-dealkylation sites (N-methyl/N-ethyl adjacent to an activating group) is 1. The van der Waals surface area contributed by atoms with E-state index in [0.29, 0.717) is 13.2 Å². The topological polar surface area (TPSA) is 49.8 Å². The Kier molecular flexibility index (Phi) is 6.09. The smallest absolute Gasteiger partial charge is 0.310 e. The number of hydrogen-bond donors (Lipinski definition) is 1. The van der Waals surface area contributed by atoms with Gasteiger partial charge in [0.25, 0.3) is 0 Å². The third-order valence-corrected chi connectivity index (χ3v) is 4.21. The molecular formula is C14H27NO3. The Morgan fingerprint density at radius 1 is 1.39 bits per heavy atom. The molecule has 1 atom stereocenters. The highest BCUT2D eigenvalue weighted by molar-refractivity contribution is 5.75. The monoisotopic (exact) mass is 257 g/mol. The van der Waals surface area contributed by atoms with Gasteiger partial charge in [-0.05, 0) is 26.3 Å². The van der Waals surface area contributed by atoms with E-state index in [9.17, 15) is 9.90 Å². The van der Waals surface area contributed by atoms with Crippen LogP contribution in [0.3, 0.4) is 0 Å². The molecule has 0 aromatic heterocycles. The summed E-state index contributed by atoms with van der Waals surface area (Å²) in [4.78, 5) is 13.9. The van der Waals surface area contributed by atoms with Gasteiger partial charge in [0.05, 0.1) is 12.0 Å². The number of rotatable bonds is 7. The van der Waals surface area contributed by atoms with Gasteiger partial charge in [0.1, 0.15) is 0 Å². The summed E-state index contributed by atoms with van der Waals surface area (Å²) < 4.78 is 5.18. The van der Waals surface area contributed by atoms with Gasteiger partial charge in [0.15, 0.2) is 0 Å². The lowest BCUT2D eigenvalue weighted by Gasteiger charge is -2.39. The number of hydrogen-bond acceptors (Lipinski definition) is 3. The second kappa shape index (κ2) is 7.10. The van der Waals surface area contributed by atoms with Gasteiger partial charge < -0.3 is 9.84 Å². The highest BCUT2D eigenvalue weighted by atomic mass is 16.5. The lowest BCUT2D eigenvalue weighted by molar-refractivity contribution is -0.153. The van der Waals surface area contributed by atoms with Crippen LogP contribution in [0.4, 0.5) is 0 Å². The number of carbonyl (C=O) groups is 1. The molecule has 0 spiro atoms. The zero-order valence-electron chi connectivity index (χ0n) is 11.9. The minimum Gasteiger partial charge on any atom is -0.481 e. The van der Waals surface area contributed by atoms with Crippen LogP contribution in [-0.2, 0) is 9.53 Å². The SMILES string of the molecule is CCN(CC1(C(=O)O)CCCCC1)C(C)COC. The molecule has 0 heterocycles. The number of methoxy groups -OCH3 is 1. The van der Waals surface area contributed by atoms with E-state index in [0.717, 1.165) is 32.2 Å². The number of ether oxygens (including phenoxy) is 1. The predicted molar refractivity (Wildman–Crippen MR) is 71.7 cm³/mol. The maximum atomic E-state index is 11.7. The van der Waals surface area contributed by atoms with Gasteiger partial charge in [-0.2, -0.15) is 0 Å². The van der Waals surface area contributed by atoms with Gasteiger partial charge in [0.2, 0.25) is 0 Å². The van der Waals surface area contributed by atoms with E-state index in [1.165, 1.54) is 6.42 Å². The van der Waals surface area contributed by atoms with Crippen molar-refractivity contribution in [2.45, 2.75) is 52.0 Å². The van der Waals surface area contributed by atoms with Crippen LogP contribution in [0, 0.1) is 5.41 Å². The van der Waals surface area contributed by atoms with Crippen LogP contribution in [0.15, 0.2) is 0 Å². The number of aliphatic carboxylic acids is 1. The average molecular weight is 257 g/mol. The largest absolute Gasteiger partial charge is 0.481 e. The third-order valence-electron chi connectivity index (χ3n) is 4.21. The maximum absolute atomic E-state index is 11.7. The molecule has 1 N–H and O–H groups in total. The summed E-state index contributed by atoms with van der Waals surface area (Å²) in [6.45, 7) is 6.38. The lowest BCUT2D eigenvalue weighted by Crippen LogP contribution is -2.48. The fourth-order valence-electron chi connectivity index (χ4n) is 2.98. The van der Waals surface area contributed by atoms with E-state index in [1.807, 2.05) is 0 Å². The summed E-state index contributed by atoms with van der Waals surface area (Å²) >= 11 is 0. The van der Waals surface area contributed by atoms with E-state index in [-0.39, 0.29) is 6.04 Å². The van der Waals surface area contributed by atoms with Gasteiger partial charge >= 0.3 is 5.97 Å². The van der Waals surface area contributed by atoms with Crippen LogP contribution in [0.5, 0.6) is 0 Å². The van der Waals surface area contributed by atoms with E-state index in [1.54, 1.807) is 7.11 Å². The average Bonchev–Trinajstić information content (AvgIpc) is 2.37. The number of carboxylic acids is 1. The molecule has 4 nitrogen and oxygen atoms in total. The van der Waals surface area contributed by atoms with Crippen molar-refractivity contribution < 1.29 is 14.6 Å². The van der Waals surface area contributed by atoms with Crippen LogP contribution in [0.1, 0.15) is 46.0 Å². The Morgan fingerprint density at radius 2 is 2.00 bits per heavy atom. The molecule has 0 amide bonds. The van der Waals surface area contributed by atoms with Crippen molar-refractivity contribution in [3.05, 3.63) is 0 Å². The summed E-state index contributed by atoms with van der Waals surface area (Å²) in [5.41, 5.74) is -0.531. The van der Waals surface area contributed by atoms with Gasteiger partial charge in [-0.3, -0.25) is 9.69 Å². The first-order valence-electron chi connectivity index (χ1n) is 7.02. The minimum absolute atomic E-state index is 0.276. The Balaban J connectivity index is 2.71. The molecule has 0 aliphatic heterocycles. The van der Waals surface area contributed by atoms with Crippen molar-refractivity contribution in [3.63, 3.8) is 0 Å². The highest BCUT2D eigenvalue weighted by Gasteiger charge is 2.41. The fourth-order valence-corrected chi connectivity index (χ4v) is 2.98. The van der Waals surface area contributed by atoms with Crippen LogP contribution < -0.4 is 0 Å². The van der Waals surface area contributed by atoms with Crippen molar-refractivity contribution >= 4 is 5.97 Å². The van der Waals surface area contributed by atoms with E-state index < -0.39 is 11.4 Å². The molecule has 1 unspecified atom stereocenters. The molecule has 1 aliphatic carbocycles. The molecule has 1 fully saturated rings. The zero-order chi connectivity index (χ0) is 13.6. The summed E-state index contributed by atoms with van der Waals surface area (Å²) in [6, 6.07) is 0.276. The third kappa shape index (κ3) is 3.69. The lowest BCUT2D eigenvalue weighted by atomic mass is 9.73. The van der Waals surface area contributed by atoms with Crippen molar-refractivity contribution in [2.75, 3.05) is 26.8 Å². The van der Waals surface area contributed by atoms with Gasteiger partial charge in [-0.15, -0.1) is 0 Å². The summed E-state index contributed by atoms with van der Waals surface area (Å²) in [5.74, 6) is -0.620. The minimum atomic E-state index is -0.620. The standard InChI is InChI=1S/C14H27NO3/c1-4-15(12(2)10-18-3)11-14(13(16)17)8-6-5-7-9-14/h12H,4-11H2,1-3H3,(H,16,17). The van der Waals surface area contributed by atoms with E-state index >= 15 is 0 Å². The molecule has 18 heavy (non-hydrogen) atoms. The molecule has 1 aliphatic rings. The highest BCUT2D eigenvalue weighted by Crippen LogP contribution is 2.37. The zero-order valence-corrected chi connectivity index (χ0v) is 11.9. The molecular weight excluding hydrogens is 230 g/mol. The number of nitrogens with zero attached hydrogens (tertiary/aromatic N) is 1. The van der Waals surface area contributed by atoms with Gasteiger partial charge in [-0.1, -0.05) is 26.2 Å². The molecule has 0 radical (unpaired) electrons. The maximum Gasteiger partial charge on any atom is 0.310 e. The van der Waals surface area contributed by atoms with Crippen LogP contribution in [0.25, 0.3) is 0 Å². The number of carboxylic acid groups (broad SMARTS) is 1. The summed E-state index contributed by atoms with van der Waals surface area (Å²) in [6.07, 6.45) is 4.90. The molecule has 106 valence electrons. The summed E-state index contributed by atoms with van der Waals surface area (Å²) in [5, 5.41) is 9.59. The van der Waals surface area contributed by atoms with E-state index in [2.05, 4.69) is 18.7 Å². The molecule has 0 aromatic rings. The molecule has 0 aromatic carbocycles. The van der Waals surface area contributed by atoms with Crippen LogP contribution in [0.2, 0.25) is 0 Å². The van der Waals surface area contributed by atoms with Crippen LogP contribution >= 0.6 is 0 Å². The van der Waals surface area contributed by atoms with Gasteiger partial charge in [-0.25, -0.2) is 0 Å². The molecule has 4 heteroatoms. The molecule has 1 saturated carbocycles. The Bertz CT molecular complexity index is 262. The van der Waals surface area contributed by atoms with Crippen LogP contribution in [-0.4, -0.2) is 48.8 Å². The second-order valence-electron chi connectivity index (χ2n) is 5.51.